The molecule has 0 unspecified atom stereocenters. The average Bonchev–Trinajstić information content (AvgIpc) is 3.30. The summed E-state index contributed by atoms with van der Waals surface area (Å²) < 4.78 is 6.39. The topological polar surface area (TPSA) is 92.7 Å². The summed E-state index contributed by atoms with van der Waals surface area (Å²) in [4.78, 5) is 31.9. The predicted octanol–water partition coefficient (Wildman–Crippen LogP) is 1.91. The Labute approximate surface area is 153 Å². The Balaban J connectivity index is 1.58. The van der Waals surface area contributed by atoms with Crippen LogP contribution in [-0.2, 0) is 6.54 Å². The molecule has 1 N–H and O–H groups in total. The van der Waals surface area contributed by atoms with E-state index >= 15 is 0 Å². The Morgan fingerprint density at radius 1 is 1.50 bits per heavy atom. The third-order valence-corrected chi connectivity index (χ3v) is 5.43. The lowest BCUT2D eigenvalue weighted by molar-refractivity contribution is 0.0946. The number of rotatable bonds is 4. The molecule has 0 saturated carbocycles. The Morgan fingerprint density at radius 2 is 2.38 bits per heavy atom. The SMILES string of the molecule is C[C@H]1CCCN(c2nn3c(=O)c(C(=O)NCc4ccco4)cnc3s2)C1. The van der Waals surface area contributed by atoms with Crippen molar-refractivity contribution in [3.63, 3.8) is 0 Å². The first-order valence-electron chi connectivity index (χ1n) is 8.56. The molecular formula is C17H19N5O3S. The van der Waals surface area contributed by atoms with E-state index < -0.39 is 11.5 Å². The number of carbonyl (C=O) groups is 1. The van der Waals surface area contributed by atoms with E-state index in [-0.39, 0.29) is 12.1 Å². The monoisotopic (exact) mass is 373 g/mol. The molecule has 1 amide bonds. The minimum atomic E-state index is -0.491. The Kier molecular flexibility index (Phi) is 4.46. The largest absolute Gasteiger partial charge is 0.467 e. The third kappa shape index (κ3) is 3.22. The van der Waals surface area contributed by atoms with Crippen molar-refractivity contribution in [1.29, 1.82) is 0 Å². The molecule has 0 radical (unpaired) electrons. The predicted molar refractivity (Wildman–Crippen MR) is 97.6 cm³/mol. The highest BCUT2D eigenvalue weighted by atomic mass is 32.1. The Bertz CT molecular complexity index is 978. The van der Waals surface area contributed by atoms with E-state index in [1.54, 1.807) is 12.1 Å². The number of anilines is 1. The van der Waals surface area contributed by atoms with Gasteiger partial charge in [-0.2, -0.15) is 4.52 Å². The highest BCUT2D eigenvalue weighted by molar-refractivity contribution is 7.20. The number of hydrogen-bond donors (Lipinski definition) is 1. The van der Waals surface area contributed by atoms with Crippen LogP contribution in [0.1, 0.15) is 35.9 Å². The first kappa shape index (κ1) is 16.8. The van der Waals surface area contributed by atoms with E-state index in [0.29, 0.717) is 16.6 Å². The van der Waals surface area contributed by atoms with Crippen LogP contribution in [0.5, 0.6) is 0 Å². The highest BCUT2D eigenvalue weighted by Gasteiger charge is 2.22. The van der Waals surface area contributed by atoms with Gasteiger partial charge >= 0.3 is 0 Å². The molecule has 1 fully saturated rings. The zero-order valence-corrected chi connectivity index (χ0v) is 15.2. The molecule has 3 aromatic rings. The number of piperidine rings is 1. The average molecular weight is 373 g/mol. The molecule has 1 aliphatic heterocycles. The molecular weight excluding hydrogens is 354 g/mol. The van der Waals surface area contributed by atoms with Crippen LogP contribution in [0.2, 0.25) is 0 Å². The van der Waals surface area contributed by atoms with Gasteiger partial charge in [-0.1, -0.05) is 18.3 Å². The summed E-state index contributed by atoms with van der Waals surface area (Å²) in [5, 5.41) is 7.85. The molecule has 0 bridgehead atoms. The molecule has 1 saturated heterocycles. The number of nitrogens with one attached hydrogen (secondary N) is 1. The van der Waals surface area contributed by atoms with Gasteiger partial charge in [-0.3, -0.25) is 9.59 Å². The van der Waals surface area contributed by atoms with E-state index in [1.165, 1.54) is 34.7 Å². The number of nitrogens with zero attached hydrogens (tertiary/aromatic N) is 4. The summed E-state index contributed by atoms with van der Waals surface area (Å²) in [6, 6.07) is 3.49. The summed E-state index contributed by atoms with van der Waals surface area (Å²) in [7, 11) is 0. The second-order valence-corrected chi connectivity index (χ2v) is 7.45. The third-order valence-electron chi connectivity index (χ3n) is 4.45. The summed E-state index contributed by atoms with van der Waals surface area (Å²) >= 11 is 1.37. The lowest BCUT2D eigenvalue weighted by atomic mass is 10.0. The fourth-order valence-corrected chi connectivity index (χ4v) is 3.99. The maximum Gasteiger partial charge on any atom is 0.288 e. The van der Waals surface area contributed by atoms with Gasteiger partial charge < -0.3 is 14.6 Å². The first-order valence-corrected chi connectivity index (χ1v) is 9.38. The smallest absolute Gasteiger partial charge is 0.288 e. The molecule has 26 heavy (non-hydrogen) atoms. The van der Waals surface area contributed by atoms with Gasteiger partial charge in [0, 0.05) is 19.3 Å². The van der Waals surface area contributed by atoms with E-state index in [0.717, 1.165) is 24.6 Å². The fraction of sp³-hybridized carbons (Fsp3) is 0.412. The summed E-state index contributed by atoms with van der Waals surface area (Å²) in [5.74, 6) is 0.723. The minimum absolute atomic E-state index is 0.0297. The van der Waals surface area contributed by atoms with Gasteiger partial charge in [-0.15, -0.1) is 5.10 Å². The molecule has 1 atom stereocenters. The van der Waals surface area contributed by atoms with Crippen molar-refractivity contribution in [1.82, 2.24) is 19.9 Å². The molecule has 0 spiro atoms. The quantitative estimate of drug-likeness (QED) is 0.751. The summed E-state index contributed by atoms with van der Waals surface area (Å²) in [6.45, 7) is 4.27. The van der Waals surface area contributed by atoms with Gasteiger partial charge in [-0.25, -0.2) is 4.98 Å². The molecule has 3 aromatic heterocycles. The van der Waals surface area contributed by atoms with Crippen LogP contribution < -0.4 is 15.8 Å². The van der Waals surface area contributed by atoms with Crippen LogP contribution in [0.3, 0.4) is 0 Å². The zero-order chi connectivity index (χ0) is 18.1. The van der Waals surface area contributed by atoms with Crippen molar-refractivity contribution >= 4 is 27.3 Å². The lowest BCUT2D eigenvalue weighted by Gasteiger charge is -2.30. The molecule has 4 heterocycles. The van der Waals surface area contributed by atoms with Crippen molar-refractivity contribution in [2.75, 3.05) is 18.0 Å². The standard InChI is InChI=1S/C17H19N5O3S/c1-11-4-2-6-21(10-11)17-20-22-15(24)13(9-19-16(22)26-17)14(23)18-8-12-5-3-7-25-12/h3,5,7,9,11H,2,4,6,8,10H2,1H3,(H,18,23)/t11-/m0/s1. The number of amides is 1. The van der Waals surface area contributed by atoms with Crippen molar-refractivity contribution in [3.05, 3.63) is 46.3 Å². The van der Waals surface area contributed by atoms with Crippen LogP contribution in [0, 0.1) is 5.92 Å². The number of aromatic nitrogens is 3. The summed E-state index contributed by atoms with van der Waals surface area (Å²) in [5.41, 5.74) is -0.488. The van der Waals surface area contributed by atoms with Crippen LogP contribution >= 0.6 is 11.3 Å². The Morgan fingerprint density at radius 3 is 3.15 bits per heavy atom. The van der Waals surface area contributed by atoms with Crippen LogP contribution in [0.15, 0.2) is 33.8 Å². The van der Waals surface area contributed by atoms with Crippen molar-refractivity contribution < 1.29 is 9.21 Å². The van der Waals surface area contributed by atoms with E-state index in [1.807, 2.05) is 0 Å². The van der Waals surface area contributed by atoms with Gasteiger partial charge in [0.25, 0.3) is 11.5 Å². The first-order chi connectivity index (χ1) is 12.6. The Hall–Kier alpha value is -2.68. The van der Waals surface area contributed by atoms with Crippen LogP contribution in [-0.4, -0.2) is 33.6 Å². The van der Waals surface area contributed by atoms with Crippen LogP contribution in [0.4, 0.5) is 5.13 Å². The lowest BCUT2D eigenvalue weighted by Crippen LogP contribution is -2.34. The van der Waals surface area contributed by atoms with Gasteiger partial charge in [0.2, 0.25) is 10.1 Å². The van der Waals surface area contributed by atoms with Gasteiger partial charge in [-0.05, 0) is 30.9 Å². The number of furan rings is 1. The van der Waals surface area contributed by atoms with E-state index in [2.05, 4.69) is 27.2 Å². The van der Waals surface area contributed by atoms with Crippen molar-refractivity contribution in [2.24, 2.45) is 5.92 Å². The second kappa shape index (κ2) is 6.91. The van der Waals surface area contributed by atoms with E-state index in [9.17, 15) is 9.59 Å². The highest BCUT2D eigenvalue weighted by Crippen LogP contribution is 2.26. The normalized spacial score (nSPS) is 17.6. The molecule has 0 aliphatic carbocycles. The van der Waals surface area contributed by atoms with Gasteiger partial charge in [0.1, 0.15) is 11.3 Å². The van der Waals surface area contributed by atoms with Crippen molar-refractivity contribution in [2.45, 2.75) is 26.3 Å². The second-order valence-electron chi connectivity index (χ2n) is 6.51. The molecule has 1 aliphatic rings. The maximum absolute atomic E-state index is 12.7. The fourth-order valence-electron chi connectivity index (χ4n) is 3.10. The van der Waals surface area contributed by atoms with Crippen molar-refractivity contribution in [3.8, 4) is 0 Å². The molecule has 8 nitrogen and oxygen atoms in total. The van der Waals surface area contributed by atoms with Gasteiger partial charge in [0.15, 0.2) is 0 Å². The summed E-state index contributed by atoms with van der Waals surface area (Å²) in [6.07, 6.45) is 5.16. The number of carbonyl (C=O) groups excluding carboxylic acids is 1. The number of fused-ring (bicyclic) bond motifs is 1. The van der Waals surface area contributed by atoms with Gasteiger partial charge in [0.05, 0.1) is 12.8 Å². The van der Waals surface area contributed by atoms with Crippen LogP contribution in [0.25, 0.3) is 4.96 Å². The molecule has 4 rings (SSSR count). The maximum atomic E-state index is 12.7. The molecule has 9 heteroatoms. The van der Waals surface area contributed by atoms with E-state index in [4.69, 9.17) is 4.42 Å². The molecule has 136 valence electrons. The number of hydrogen-bond acceptors (Lipinski definition) is 7. The molecule has 0 aromatic carbocycles. The zero-order valence-electron chi connectivity index (χ0n) is 14.3. The minimum Gasteiger partial charge on any atom is -0.467 e.